The second-order valence-electron chi connectivity index (χ2n) is 6.08. The Labute approximate surface area is 118 Å². The maximum Gasteiger partial charge on any atom is 0.253 e. The average molecular weight is 269 g/mol. The van der Waals surface area contributed by atoms with E-state index in [1.54, 1.807) is 0 Å². The number of fused-ring (bicyclic) bond motifs is 3. The van der Waals surface area contributed by atoms with Crippen molar-refractivity contribution in [3.8, 4) is 0 Å². The highest BCUT2D eigenvalue weighted by Gasteiger charge is 2.32. The molecular weight excluding hydrogens is 250 g/mol. The lowest BCUT2D eigenvalue weighted by atomic mass is 9.96. The number of carbonyl (C=O) groups is 1. The van der Waals surface area contributed by atoms with Gasteiger partial charge in [0.1, 0.15) is 0 Å². The first kappa shape index (κ1) is 12.0. The normalized spacial score (nSPS) is 28.7. The van der Waals surface area contributed by atoms with Gasteiger partial charge < -0.3 is 14.6 Å². The fourth-order valence-electron chi connectivity index (χ4n) is 3.60. The molecule has 0 spiro atoms. The number of rotatable bonds is 2. The van der Waals surface area contributed by atoms with Gasteiger partial charge in [-0.05, 0) is 49.6 Å². The van der Waals surface area contributed by atoms with Crippen LogP contribution < -0.4 is 5.32 Å². The molecule has 2 aliphatic rings. The molecule has 4 rings (SSSR count). The number of hydrogen-bond donors (Lipinski definition) is 1. The Balaban J connectivity index is 1.49. The van der Waals surface area contributed by atoms with Gasteiger partial charge in [0.15, 0.2) is 0 Å². The molecule has 1 N–H and O–H groups in total. The molecule has 2 saturated heterocycles. The minimum Gasteiger partial charge on any atom is -0.348 e. The van der Waals surface area contributed by atoms with Gasteiger partial charge >= 0.3 is 0 Å². The molecule has 4 heteroatoms. The topological polar surface area (TPSA) is 36.8 Å². The SMILES string of the molecule is O=C(NC1CC2CCN(C2)C1)c1ccc2cccn2c1. The van der Waals surface area contributed by atoms with Crippen LogP contribution in [0.1, 0.15) is 23.2 Å². The van der Waals surface area contributed by atoms with E-state index in [0.717, 1.165) is 30.0 Å². The Morgan fingerprint density at radius 1 is 1.25 bits per heavy atom. The monoisotopic (exact) mass is 269 g/mol. The molecular formula is C16H19N3O. The second kappa shape index (κ2) is 4.63. The lowest BCUT2D eigenvalue weighted by Gasteiger charge is -2.30. The molecule has 4 nitrogen and oxygen atoms in total. The van der Waals surface area contributed by atoms with Crippen LogP contribution >= 0.6 is 0 Å². The smallest absolute Gasteiger partial charge is 0.253 e. The molecule has 2 aromatic heterocycles. The summed E-state index contributed by atoms with van der Waals surface area (Å²) < 4.78 is 1.99. The lowest BCUT2D eigenvalue weighted by molar-refractivity contribution is 0.0909. The van der Waals surface area contributed by atoms with Gasteiger partial charge in [-0.3, -0.25) is 4.79 Å². The molecule has 4 heterocycles. The number of amides is 1. The molecule has 3 unspecified atom stereocenters. The van der Waals surface area contributed by atoms with Gasteiger partial charge in [0.05, 0.1) is 5.56 Å². The fourth-order valence-corrected chi connectivity index (χ4v) is 3.60. The predicted octanol–water partition coefficient (Wildman–Crippen LogP) is 1.76. The van der Waals surface area contributed by atoms with E-state index in [-0.39, 0.29) is 5.91 Å². The molecule has 0 aliphatic carbocycles. The Bertz CT molecular complexity index is 636. The molecule has 0 aromatic carbocycles. The minimum atomic E-state index is 0.0492. The molecule has 0 saturated carbocycles. The molecule has 2 aliphatic heterocycles. The molecule has 0 radical (unpaired) electrons. The Morgan fingerprint density at radius 3 is 3.10 bits per heavy atom. The second-order valence-corrected chi connectivity index (χ2v) is 6.08. The van der Waals surface area contributed by atoms with Crippen LogP contribution in [0.15, 0.2) is 36.7 Å². The number of piperidine rings is 1. The number of nitrogens with zero attached hydrogens (tertiary/aromatic N) is 2. The number of nitrogens with one attached hydrogen (secondary N) is 1. The van der Waals surface area contributed by atoms with Gasteiger partial charge in [-0.2, -0.15) is 0 Å². The third kappa shape index (κ3) is 2.10. The molecule has 2 fully saturated rings. The summed E-state index contributed by atoms with van der Waals surface area (Å²) in [7, 11) is 0. The van der Waals surface area contributed by atoms with Crippen molar-refractivity contribution in [3.05, 3.63) is 42.2 Å². The van der Waals surface area contributed by atoms with Crippen molar-refractivity contribution in [3.63, 3.8) is 0 Å². The third-order valence-corrected chi connectivity index (χ3v) is 4.59. The van der Waals surface area contributed by atoms with E-state index in [2.05, 4.69) is 10.2 Å². The zero-order chi connectivity index (χ0) is 13.5. The van der Waals surface area contributed by atoms with Crippen molar-refractivity contribution >= 4 is 11.4 Å². The van der Waals surface area contributed by atoms with Crippen LogP contribution in [0.25, 0.3) is 5.52 Å². The lowest BCUT2D eigenvalue weighted by Crippen LogP contribution is -2.47. The van der Waals surface area contributed by atoms with Gasteiger partial charge in [0, 0.05) is 37.0 Å². The van der Waals surface area contributed by atoms with Crippen molar-refractivity contribution in [1.82, 2.24) is 14.6 Å². The first-order chi connectivity index (χ1) is 9.78. The minimum absolute atomic E-state index is 0.0492. The highest BCUT2D eigenvalue weighted by Crippen LogP contribution is 2.26. The molecule has 2 bridgehead atoms. The van der Waals surface area contributed by atoms with E-state index in [1.165, 1.54) is 19.5 Å². The molecule has 20 heavy (non-hydrogen) atoms. The van der Waals surface area contributed by atoms with E-state index in [1.807, 2.05) is 41.1 Å². The molecule has 3 atom stereocenters. The first-order valence-corrected chi connectivity index (χ1v) is 7.38. The van der Waals surface area contributed by atoms with Gasteiger partial charge in [-0.25, -0.2) is 0 Å². The van der Waals surface area contributed by atoms with E-state index in [9.17, 15) is 4.79 Å². The first-order valence-electron chi connectivity index (χ1n) is 7.38. The van der Waals surface area contributed by atoms with Crippen molar-refractivity contribution in [2.24, 2.45) is 5.92 Å². The molecule has 2 aromatic rings. The van der Waals surface area contributed by atoms with Crippen LogP contribution in [0.5, 0.6) is 0 Å². The number of pyridine rings is 1. The van der Waals surface area contributed by atoms with E-state index in [0.29, 0.717) is 6.04 Å². The van der Waals surface area contributed by atoms with E-state index < -0.39 is 0 Å². The fraction of sp³-hybridized carbons (Fsp3) is 0.438. The van der Waals surface area contributed by atoms with Crippen LogP contribution in [0.2, 0.25) is 0 Å². The summed E-state index contributed by atoms with van der Waals surface area (Å²) in [5.41, 5.74) is 1.85. The van der Waals surface area contributed by atoms with Crippen molar-refractivity contribution in [2.45, 2.75) is 18.9 Å². The zero-order valence-electron chi connectivity index (χ0n) is 11.5. The third-order valence-electron chi connectivity index (χ3n) is 4.59. The maximum atomic E-state index is 12.4. The Morgan fingerprint density at radius 2 is 2.20 bits per heavy atom. The maximum absolute atomic E-state index is 12.4. The number of carbonyl (C=O) groups excluding carboxylic acids is 1. The van der Waals surface area contributed by atoms with E-state index in [4.69, 9.17) is 0 Å². The summed E-state index contributed by atoms with van der Waals surface area (Å²) >= 11 is 0. The van der Waals surface area contributed by atoms with Crippen LogP contribution in [-0.2, 0) is 0 Å². The molecule has 1 amide bonds. The van der Waals surface area contributed by atoms with Gasteiger partial charge in [-0.1, -0.05) is 0 Å². The number of hydrogen-bond acceptors (Lipinski definition) is 2. The highest BCUT2D eigenvalue weighted by atomic mass is 16.1. The van der Waals surface area contributed by atoms with Crippen LogP contribution in [0.3, 0.4) is 0 Å². The van der Waals surface area contributed by atoms with Gasteiger partial charge in [-0.15, -0.1) is 0 Å². The Kier molecular flexibility index (Phi) is 2.77. The summed E-state index contributed by atoms with van der Waals surface area (Å²) in [5, 5.41) is 3.20. The van der Waals surface area contributed by atoms with Crippen molar-refractivity contribution < 1.29 is 4.79 Å². The summed E-state index contributed by atoms with van der Waals surface area (Å²) in [6, 6.07) is 8.23. The largest absolute Gasteiger partial charge is 0.348 e. The predicted molar refractivity (Wildman–Crippen MR) is 77.8 cm³/mol. The zero-order valence-corrected chi connectivity index (χ0v) is 11.5. The number of aromatic nitrogens is 1. The summed E-state index contributed by atoms with van der Waals surface area (Å²) in [6.45, 7) is 3.43. The van der Waals surface area contributed by atoms with E-state index >= 15 is 0 Å². The summed E-state index contributed by atoms with van der Waals surface area (Å²) in [5.74, 6) is 0.828. The van der Waals surface area contributed by atoms with Gasteiger partial charge in [0.25, 0.3) is 5.91 Å². The van der Waals surface area contributed by atoms with Crippen molar-refractivity contribution in [2.75, 3.05) is 19.6 Å². The standard InChI is InChI=1S/C16H19N3O/c20-16(13-3-4-15-2-1-6-19(15)10-13)17-14-8-12-5-7-18(9-12)11-14/h1-4,6,10,12,14H,5,7-9,11H2,(H,17,20). The van der Waals surface area contributed by atoms with Crippen LogP contribution in [0, 0.1) is 5.92 Å². The molecule has 104 valence electrons. The van der Waals surface area contributed by atoms with Crippen LogP contribution in [0.4, 0.5) is 0 Å². The average Bonchev–Trinajstić information content (AvgIpc) is 3.04. The Hall–Kier alpha value is -1.81. The van der Waals surface area contributed by atoms with Crippen molar-refractivity contribution in [1.29, 1.82) is 0 Å². The quantitative estimate of drug-likeness (QED) is 0.902. The van der Waals surface area contributed by atoms with Crippen LogP contribution in [-0.4, -0.2) is 40.9 Å². The highest BCUT2D eigenvalue weighted by molar-refractivity contribution is 5.94. The summed E-state index contributed by atoms with van der Waals surface area (Å²) in [4.78, 5) is 14.8. The van der Waals surface area contributed by atoms with Gasteiger partial charge in [0.2, 0.25) is 0 Å². The summed E-state index contributed by atoms with van der Waals surface area (Å²) in [6.07, 6.45) is 6.30.